The van der Waals surface area contributed by atoms with Gasteiger partial charge in [0.2, 0.25) is 0 Å². The van der Waals surface area contributed by atoms with Crippen LogP contribution in [-0.2, 0) is 19.5 Å². The van der Waals surface area contributed by atoms with Crippen LogP contribution in [0.15, 0.2) is 23.4 Å². The molecule has 112 valence electrons. The third-order valence-electron chi connectivity index (χ3n) is 4.13. The molecule has 1 aliphatic heterocycles. The molecule has 3 rings (SSSR count). The van der Waals surface area contributed by atoms with Crippen LogP contribution in [0.3, 0.4) is 0 Å². The van der Waals surface area contributed by atoms with E-state index in [1.807, 2.05) is 6.07 Å². The molecule has 2 aromatic rings. The summed E-state index contributed by atoms with van der Waals surface area (Å²) in [6, 6.07) is 4.90. The van der Waals surface area contributed by atoms with Crippen LogP contribution < -0.4 is 5.73 Å². The Balaban J connectivity index is 2.10. The number of aromatic nitrogens is 1. The molecule has 5 nitrogen and oxygen atoms in total. The summed E-state index contributed by atoms with van der Waals surface area (Å²) in [4.78, 5) is 2.24. The molecular formula is C15H19FN4O. The quantitative estimate of drug-likeness (QED) is 0.393. The molecule has 1 aromatic heterocycles. The molecule has 0 spiro atoms. The molecule has 0 aliphatic carbocycles. The van der Waals surface area contributed by atoms with Crippen molar-refractivity contribution in [2.24, 2.45) is 10.9 Å². The van der Waals surface area contributed by atoms with Crippen LogP contribution in [-0.4, -0.2) is 34.1 Å². The molecule has 0 fully saturated rings. The van der Waals surface area contributed by atoms with Crippen molar-refractivity contribution < 1.29 is 9.60 Å². The Labute approximate surface area is 122 Å². The number of nitrogens with zero attached hydrogens (tertiary/aromatic N) is 3. The first-order valence-corrected chi connectivity index (χ1v) is 7.04. The molecule has 0 saturated heterocycles. The summed E-state index contributed by atoms with van der Waals surface area (Å²) >= 11 is 0. The third kappa shape index (κ3) is 2.47. The van der Waals surface area contributed by atoms with Crippen LogP contribution in [0.4, 0.5) is 4.39 Å². The van der Waals surface area contributed by atoms with E-state index in [-0.39, 0.29) is 11.7 Å². The van der Waals surface area contributed by atoms with Gasteiger partial charge in [0.15, 0.2) is 0 Å². The number of benzene rings is 1. The van der Waals surface area contributed by atoms with E-state index < -0.39 is 0 Å². The van der Waals surface area contributed by atoms with Gasteiger partial charge >= 0.3 is 0 Å². The average molecular weight is 290 g/mol. The van der Waals surface area contributed by atoms with Crippen molar-refractivity contribution in [3.63, 3.8) is 0 Å². The number of oxime groups is 1. The minimum atomic E-state index is -0.216. The highest BCUT2D eigenvalue weighted by Crippen LogP contribution is 2.31. The molecule has 3 N–H and O–H groups in total. The Bertz CT molecular complexity index is 707. The van der Waals surface area contributed by atoms with Gasteiger partial charge in [0.25, 0.3) is 0 Å². The Hall–Kier alpha value is -2.08. The maximum absolute atomic E-state index is 13.6. The Morgan fingerprint density at radius 2 is 2.29 bits per heavy atom. The van der Waals surface area contributed by atoms with E-state index >= 15 is 0 Å². The first-order chi connectivity index (χ1) is 10.1. The lowest BCUT2D eigenvalue weighted by Gasteiger charge is -2.24. The molecule has 0 amide bonds. The first kappa shape index (κ1) is 13.9. The van der Waals surface area contributed by atoms with Crippen molar-refractivity contribution in [2.75, 3.05) is 13.6 Å². The zero-order valence-corrected chi connectivity index (χ0v) is 12.0. The number of fused-ring (bicyclic) bond motifs is 3. The van der Waals surface area contributed by atoms with Crippen LogP contribution >= 0.6 is 0 Å². The summed E-state index contributed by atoms with van der Waals surface area (Å²) in [6.07, 6.45) is 1.40. The van der Waals surface area contributed by atoms with Gasteiger partial charge in [0.1, 0.15) is 11.7 Å². The number of rotatable bonds is 3. The molecule has 6 heteroatoms. The van der Waals surface area contributed by atoms with Gasteiger partial charge in [-0.3, -0.25) is 0 Å². The Morgan fingerprint density at radius 3 is 3.05 bits per heavy atom. The second kappa shape index (κ2) is 5.37. The lowest BCUT2D eigenvalue weighted by molar-refractivity contribution is 0.308. The Kier molecular flexibility index (Phi) is 3.55. The van der Waals surface area contributed by atoms with Crippen LogP contribution in [0.5, 0.6) is 0 Å². The van der Waals surface area contributed by atoms with E-state index in [0.717, 1.165) is 30.4 Å². The van der Waals surface area contributed by atoms with Crippen LogP contribution in [0.25, 0.3) is 10.9 Å². The van der Waals surface area contributed by atoms with Crippen molar-refractivity contribution in [1.82, 2.24) is 9.47 Å². The fourth-order valence-corrected chi connectivity index (χ4v) is 3.09. The summed E-state index contributed by atoms with van der Waals surface area (Å²) in [7, 11) is 2.07. The highest BCUT2D eigenvalue weighted by atomic mass is 19.1. The molecule has 1 aromatic carbocycles. The predicted molar refractivity (Wildman–Crippen MR) is 80.0 cm³/mol. The zero-order valence-electron chi connectivity index (χ0n) is 12.0. The number of halogens is 1. The van der Waals surface area contributed by atoms with Crippen LogP contribution in [0.1, 0.15) is 17.7 Å². The second-order valence-electron chi connectivity index (χ2n) is 5.57. The number of likely N-dealkylation sites (N-methyl/N-ethyl adjacent to an activating group) is 1. The number of amidine groups is 1. The zero-order chi connectivity index (χ0) is 15.0. The summed E-state index contributed by atoms with van der Waals surface area (Å²) in [5, 5.41) is 12.7. The van der Waals surface area contributed by atoms with Crippen LogP contribution in [0.2, 0.25) is 0 Å². The van der Waals surface area contributed by atoms with Crippen molar-refractivity contribution in [1.29, 1.82) is 0 Å². The summed E-state index contributed by atoms with van der Waals surface area (Å²) < 4.78 is 15.8. The van der Waals surface area contributed by atoms with Gasteiger partial charge in [0.05, 0.1) is 0 Å². The molecule has 1 aliphatic rings. The molecule has 0 atom stereocenters. The second-order valence-corrected chi connectivity index (χ2v) is 5.57. The molecule has 0 unspecified atom stereocenters. The standard InChI is InChI=1S/C15H19FN4O/c1-19-6-4-14-12(9-19)11-8-10(16)2-3-13(11)20(14)7-5-15(17)18-21/h2-3,8,21H,4-7,9H2,1H3,(H2,17,18). The smallest absolute Gasteiger partial charge is 0.140 e. The lowest BCUT2D eigenvalue weighted by Crippen LogP contribution is -2.27. The minimum absolute atomic E-state index is 0.209. The van der Waals surface area contributed by atoms with Gasteiger partial charge in [-0.25, -0.2) is 4.39 Å². The molecule has 2 heterocycles. The van der Waals surface area contributed by atoms with Crippen molar-refractivity contribution in [3.05, 3.63) is 35.3 Å². The van der Waals surface area contributed by atoms with E-state index in [1.54, 1.807) is 6.07 Å². The van der Waals surface area contributed by atoms with E-state index in [4.69, 9.17) is 10.9 Å². The summed E-state index contributed by atoms with van der Waals surface area (Å²) in [5.74, 6) is -0.00671. The summed E-state index contributed by atoms with van der Waals surface area (Å²) in [6.45, 7) is 2.44. The van der Waals surface area contributed by atoms with Gasteiger partial charge in [-0.1, -0.05) is 5.16 Å². The van der Waals surface area contributed by atoms with E-state index in [9.17, 15) is 4.39 Å². The summed E-state index contributed by atoms with van der Waals surface area (Å²) in [5.41, 5.74) is 9.02. The van der Waals surface area contributed by atoms with E-state index in [1.165, 1.54) is 17.3 Å². The van der Waals surface area contributed by atoms with Gasteiger partial charge in [0, 0.05) is 49.1 Å². The number of aryl methyl sites for hydroxylation is 1. The monoisotopic (exact) mass is 290 g/mol. The minimum Gasteiger partial charge on any atom is -0.409 e. The number of hydrogen-bond acceptors (Lipinski definition) is 3. The maximum Gasteiger partial charge on any atom is 0.140 e. The molecular weight excluding hydrogens is 271 g/mol. The van der Waals surface area contributed by atoms with Crippen LogP contribution in [0, 0.1) is 5.82 Å². The Morgan fingerprint density at radius 1 is 1.48 bits per heavy atom. The topological polar surface area (TPSA) is 66.8 Å². The average Bonchev–Trinajstić information content (AvgIpc) is 2.77. The van der Waals surface area contributed by atoms with Gasteiger partial charge in [-0.2, -0.15) is 0 Å². The highest BCUT2D eigenvalue weighted by molar-refractivity contribution is 5.86. The third-order valence-corrected chi connectivity index (χ3v) is 4.13. The fraction of sp³-hybridized carbons (Fsp3) is 0.400. The number of nitrogens with two attached hydrogens (primary N) is 1. The largest absolute Gasteiger partial charge is 0.409 e. The van der Waals surface area contributed by atoms with Gasteiger partial charge < -0.3 is 20.4 Å². The highest BCUT2D eigenvalue weighted by Gasteiger charge is 2.22. The van der Waals surface area contributed by atoms with E-state index in [0.29, 0.717) is 13.0 Å². The molecule has 21 heavy (non-hydrogen) atoms. The maximum atomic E-state index is 13.6. The van der Waals surface area contributed by atoms with Crippen molar-refractivity contribution >= 4 is 16.7 Å². The van der Waals surface area contributed by atoms with Gasteiger partial charge in [-0.15, -0.1) is 0 Å². The van der Waals surface area contributed by atoms with Crippen molar-refractivity contribution in [3.8, 4) is 0 Å². The molecule has 0 saturated carbocycles. The molecule has 0 radical (unpaired) electrons. The first-order valence-electron chi connectivity index (χ1n) is 7.04. The molecule has 0 bridgehead atoms. The van der Waals surface area contributed by atoms with E-state index in [2.05, 4.69) is 21.7 Å². The lowest BCUT2D eigenvalue weighted by atomic mass is 10.0. The fourth-order valence-electron chi connectivity index (χ4n) is 3.09. The van der Waals surface area contributed by atoms with Crippen molar-refractivity contribution in [2.45, 2.75) is 25.9 Å². The number of hydrogen-bond donors (Lipinski definition) is 2. The SMILES string of the molecule is CN1CCc2c(c3cc(F)ccc3n2CCC(N)=NO)C1. The predicted octanol–water partition coefficient (Wildman–Crippen LogP) is 1.90. The van der Waals surface area contributed by atoms with Gasteiger partial charge in [-0.05, 0) is 30.8 Å². The normalized spacial score (nSPS) is 16.4.